The summed E-state index contributed by atoms with van der Waals surface area (Å²) in [5.74, 6) is 0. The molecule has 1 heteroatoms. The van der Waals surface area contributed by atoms with Crippen molar-refractivity contribution in [2.45, 2.75) is 59.0 Å². The van der Waals surface area contributed by atoms with Crippen LogP contribution in [0.1, 0.15) is 52.9 Å². The zero-order valence-electron chi connectivity index (χ0n) is 8.64. The lowest BCUT2D eigenvalue weighted by Crippen LogP contribution is -2.01. The molecule has 12 heavy (non-hydrogen) atoms. The van der Waals surface area contributed by atoms with E-state index in [0.29, 0.717) is 0 Å². The van der Waals surface area contributed by atoms with E-state index in [1.807, 2.05) is 6.92 Å². The summed E-state index contributed by atoms with van der Waals surface area (Å²) in [6, 6.07) is 0. The fourth-order valence-corrected chi connectivity index (χ4v) is 1.06. The minimum absolute atomic E-state index is 0.137. The van der Waals surface area contributed by atoms with Gasteiger partial charge in [0, 0.05) is 0 Å². The number of unbranched alkanes of at least 4 members (excludes halogenated alkanes) is 1. The third-order valence-electron chi connectivity index (χ3n) is 2.13. The molecule has 0 aliphatic rings. The fourth-order valence-electron chi connectivity index (χ4n) is 1.06. The molecular formula is C11H22O. The SMILES string of the molecule is CCCCC(C)=CCC(O)CC. The van der Waals surface area contributed by atoms with Crippen LogP contribution < -0.4 is 0 Å². The number of hydrogen-bond acceptors (Lipinski definition) is 1. The van der Waals surface area contributed by atoms with E-state index in [-0.39, 0.29) is 6.10 Å². The topological polar surface area (TPSA) is 20.2 Å². The van der Waals surface area contributed by atoms with E-state index in [2.05, 4.69) is 19.9 Å². The van der Waals surface area contributed by atoms with Gasteiger partial charge in [-0.2, -0.15) is 0 Å². The van der Waals surface area contributed by atoms with Crippen molar-refractivity contribution in [2.24, 2.45) is 0 Å². The van der Waals surface area contributed by atoms with Crippen molar-refractivity contribution >= 4 is 0 Å². The molecule has 1 unspecified atom stereocenters. The number of rotatable bonds is 6. The van der Waals surface area contributed by atoms with Crippen LogP contribution in [0.3, 0.4) is 0 Å². The number of aliphatic hydroxyl groups excluding tert-OH is 1. The minimum Gasteiger partial charge on any atom is -0.393 e. The van der Waals surface area contributed by atoms with Gasteiger partial charge in [-0.3, -0.25) is 0 Å². The third-order valence-corrected chi connectivity index (χ3v) is 2.13. The smallest absolute Gasteiger partial charge is 0.0572 e. The van der Waals surface area contributed by atoms with Gasteiger partial charge in [-0.15, -0.1) is 0 Å². The van der Waals surface area contributed by atoms with Crippen LogP contribution in [0.4, 0.5) is 0 Å². The van der Waals surface area contributed by atoms with Crippen molar-refractivity contribution in [3.8, 4) is 0 Å². The van der Waals surface area contributed by atoms with Crippen LogP contribution in [0.5, 0.6) is 0 Å². The summed E-state index contributed by atoms with van der Waals surface area (Å²) < 4.78 is 0. The molecule has 0 saturated carbocycles. The molecule has 0 spiro atoms. The minimum atomic E-state index is -0.137. The highest BCUT2D eigenvalue weighted by Gasteiger charge is 1.97. The van der Waals surface area contributed by atoms with Gasteiger partial charge in [0.2, 0.25) is 0 Å². The maximum atomic E-state index is 9.29. The molecule has 1 N–H and O–H groups in total. The molecule has 0 rings (SSSR count). The second-order valence-electron chi connectivity index (χ2n) is 3.45. The summed E-state index contributed by atoms with van der Waals surface area (Å²) in [4.78, 5) is 0. The number of allylic oxidation sites excluding steroid dienone is 1. The predicted octanol–water partition coefficient (Wildman–Crippen LogP) is 3.28. The molecule has 0 aliphatic carbocycles. The van der Waals surface area contributed by atoms with E-state index in [4.69, 9.17) is 0 Å². The molecular weight excluding hydrogens is 148 g/mol. The highest BCUT2D eigenvalue weighted by Crippen LogP contribution is 2.08. The average molecular weight is 170 g/mol. The Morgan fingerprint density at radius 2 is 2.08 bits per heavy atom. The Bertz CT molecular complexity index is 127. The first-order valence-corrected chi connectivity index (χ1v) is 5.04. The Morgan fingerprint density at radius 3 is 2.58 bits per heavy atom. The van der Waals surface area contributed by atoms with Gasteiger partial charge >= 0.3 is 0 Å². The van der Waals surface area contributed by atoms with E-state index in [9.17, 15) is 5.11 Å². The number of aliphatic hydroxyl groups is 1. The molecule has 0 radical (unpaired) electrons. The van der Waals surface area contributed by atoms with Gasteiger partial charge in [-0.1, -0.05) is 31.9 Å². The van der Waals surface area contributed by atoms with E-state index in [1.54, 1.807) is 0 Å². The molecule has 0 heterocycles. The zero-order valence-corrected chi connectivity index (χ0v) is 8.64. The molecule has 0 aliphatic heterocycles. The van der Waals surface area contributed by atoms with Crippen LogP contribution in [0.2, 0.25) is 0 Å². The van der Waals surface area contributed by atoms with E-state index in [0.717, 1.165) is 12.8 Å². The standard InChI is InChI=1S/C11H22O/c1-4-6-7-10(3)8-9-11(12)5-2/h8,11-12H,4-7,9H2,1-3H3. The molecule has 1 nitrogen and oxygen atoms in total. The van der Waals surface area contributed by atoms with E-state index < -0.39 is 0 Å². The summed E-state index contributed by atoms with van der Waals surface area (Å²) in [5.41, 5.74) is 1.42. The largest absolute Gasteiger partial charge is 0.393 e. The first-order valence-electron chi connectivity index (χ1n) is 5.04. The normalized spacial score (nSPS) is 14.8. The lowest BCUT2D eigenvalue weighted by molar-refractivity contribution is 0.173. The van der Waals surface area contributed by atoms with Gasteiger partial charge in [-0.05, 0) is 32.6 Å². The molecule has 0 fully saturated rings. The molecule has 0 saturated heterocycles. The van der Waals surface area contributed by atoms with Crippen molar-refractivity contribution in [3.05, 3.63) is 11.6 Å². The van der Waals surface area contributed by atoms with Gasteiger partial charge in [0.15, 0.2) is 0 Å². The monoisotopic (exact) mass is 170 g/mol. The Morgan fingerprint density at radius 1 is 1.42 bits per heavy atom. The van der Waals surface area contributed by atoms with E-state index >= 15 is 0 Å². The van der Waals surface area contributed by atoms with Gasteiger partial charge < -0.3 is 5.11 Å². The summed E-state index contributed by atoms with van der Waals surface area (Å²) in [6.07, 6.45) is 7.42. The maximum absolute atomic E-state index is 9.29. The molecule has 72 valence electrons. The third kappa shape index (κ3) is 6.41. The number of hydrogen-bond donors (Lipinski definition) is 1. The summed E-state index contributed by atoms with van der Waals surface area (Å²) in [7, 11) is 0. The van der Waals surface area contributed by atoms with Gasteiger partial charge in [0.25, 0.3) is 0 Å². The van der Waals surface area contributed by atoms with Crippen molar-refractivity contribution in [3.63, 3.8) is 0 Å². The first kappa shape index (κ1) is 11.7. The quantitative estimate of drug-likeness (QED) is 0.606. The fraction of sp³-hybridized carbons (Fsp3) is 0.818. The average Bonchev–Trinajstić information content (AvgIpc) is 2.10. The Hall–Kier alpha value is -0.300. The first-order chi connectivity index (χ1) is 5.70. The highest BCUT2D eigenvalue weighted by molar-refractivity contribution is 4.98. The molecule has 0 bridgehead atoms. The molecule has 0 amide bonds. The summed E-state index contributed by atoms with van der Waals surface area (Å²) in [5, 5.41) is 9.29. The van der Waals surface area contributed by atoms with Crippen molar-refractivity contribution in [1.29, 1.82) is 0 Å². The predicted molar refractivity (Wildman–Crippen MR) is 54.2 cm³/mol. The highest BCUT2D eigenvalue weighted by atomic mass is 16.3. The van der Waals surface area contributed by atoms with Gasteiger partial charge in [-0.25, -0.2) is 0 Å². The van der Waals surface area contributed by atoms with Crippen molar-refractivity contribution in [2.75, 3.05) is 0 Å². The Balaban J connectivity index is 3.53. The van der Waals surface area contributed by atoms with Crippen LogP contribution in [0.15, 0.2) is 11.6 Å². The van der Waals surface area contributed by atoms with Crippen LogP contribution in [-0.2, 0) is 0 Å². The van der Waals surface area contributed by atoms with Crippen LogP contribution in [0, 0.1) is 0 Å². The van der Waals surface area contributed by atoms with E-state index in [1.165, 1.54) is 24.8 Å². The lowest BCUT2D eigenvalue weighted by atomic mass is 10.1. The Kier molecular flexibility index (Phi) is 7.17. The van der Waals surface area contributed by atoms with Crippen LogP contribution >= 0.6 is 0 Å². The molecule has 1 atom stereocenters. The van der Waals surface area contributed by atoms with Gasteiger partial charge in [0.05, 0.1) is 6.10 Å². The molecule has 0 aromatic rings. The van der Waals surface area contributed by atoms with Crippen molar-refractivity contribution < 1.29 is 5.11 Å². The molecule has 0 aromatic heterocycles. The van der Waals surface area contributed by atoms with Crippen LogP contribution in [-0.4, -0.2) is 11.2 Å². The second-order valence-corrected chi connectivity index (χ2v) is 3.45. The second kappa shape index (κ2) is 7.35. The summed E-state index contributed by atoms with van der Waals surface area (Å²) in [6.45, 7) is 6.37. The van der Waals surface area contributed by atoms with Crippen LogP contribution in [0.25, 0.3) is 0 Å². The summed E-state index contributed by atoms with van der Waals surface area (Å²) >= 11 is 0. The Labute approximate surface area is 76.5 Å². The molecule has 0 aromatic carbocycles. The zero-order chi connectivity index (χ0) is 9.40. The van der Waals surface area contributed by atoms with Gasteiger partial charge in [0.1, 0.15) is 0 Å². The maximum Gasteiger partial charge on any atom is 0.0572 e. The van der Waals surface area contributed by atoms with Crippen molar-refractivity contribution in [1.82, 2.24) is 0 Å². The lowest BCUT2D eigenvalue weighted by Gasteiger charge is -2.04.